The molecule has 0 spiro atoms. The van der Waals surface area contributed by atoms with Gasteiger partial charge in [0.15, 0.2) is 0 Å². The molecule has 0 saturated carbocycles. The molecule has 1 aromatic heterocycles. The summed E-state index contributed by atoms with van der Waals surface area (Å²) in [5.41, 5.74) is 0.694. The molecule has 2 aromatic rings. The van der Waals surface area contributed by atoms with E-state index in [0.717, 1.165) is 12.2 Å². The highest BCUT2D eigenvalue weighted by molar-refractivity contribution is 5.76. The number of imidazole rings is 1. The van der Waals surface area contributed by atoms with Crippen molar-refractivity contribution < 1.29 is 9.18 Å². The molecule has 22 heavy (non-hydrogen) atoms. The van der Waals surface area contributed by atoms with E-state index in [1.165, 1.54) is 6.07 Å². The number of amides is 1. The highest BCUT2D eigenvalue weighted by Crippen LogP contribution is 2.12. The van der Waals surface area contributed by atoms with E-state index in [1.54, 1.807) is 18.3 Å². The molecule has 118 valence electrons. The second-order valence-electron chi connectivity index (χ2n) is 5.48. The third-order valence-corrected chi connectivity index (χ3v) is 3.72. The van der Waals surface area contributed by atoms with Gasteiger partial charge in [-0.1, -0.05) is 18.2 Å². The first-order valence-electron chi connectivity index (χ1n) is 7.57. The smallest absolute Gasteiger partial charge is 0.222 e. The SMILES string of the molecule is Cc1nccn1C(C)CC(=O)NCCCc1ccccc1F. The number of benzene rings is 1. The second kappa shape index (κ2) is 7.73. The van der Waals surface area contributed by atoms with Gasteiger partial charge in [-0.3, -0.25) is 4.79 Å². The third-order valence-electron chi connectivity index (χ3n) is 3.72. The van der Waals surface area contributed by atoms with Gasteiger partial charge in [0.1, 0.15) is 11.6 Å². The van der Waals surface area contributed by atoms with Crippen LogP contribution in [0.5, 0.6) is 0 Å². The number of hydrogen-bond donors (Lipinski definition) is 1. The zero-order valence-electron chi connectivity index (χ0n) is 13.1. The average Bonchev–Trinajstić information content (AvgIpc) is 2.91. The van der Waals surface area contributed by atoms with Gasteiger partial charge in [0.25, 0.3) is 0 Å². The van der Waals surface area contributed by atoms with Crippen molar-refractivity contribution in [2.75, 3.05) is 6.54 Å². The number of rotatable bonds is 7. The Morgan fingerprint density at radius 3 is 2.86 bits per heavy atom. The van der Waals surface area contributed by atoms with Crippen LogP contribution in [0, 0.1) is 12.7 Å². The van der Waals surface area contributed by atoms with Crippen LogP contribution in [-0.2, 0) is 11.2 Å². The maximum atomic E-state index is 13.4. The largest absolute Gasteiger partial charge is 0.356 e. The van der Waals surface area contributed by atoms with Gasteiger partial charge in [0.05, 0.1) is 0 Å². The molecule has 2 rings (SSSR count). The molecule has 1 atom stereocenters. The summed E-state index contributed by atoms with van der Waals surface area (Å²) in [6.45, 7) is 4.47. The van der Waals surface area contributed by atoms with Crippen LogP contribution in [0.15, 0.2) is 36.7 Å². The number of carbonyl (C=O) groups excluding carboxylic acids is 1. The van der Waals surface area contributed by atoms with Crippen LogP contribution in [0.4, 0.5) is 4.39 Å². The van der Waals surface area contributed by atoms with Gasteiger partial charge in [-0.15, -0.1) is 0 Å². The molecular weight excluding hydrogens is 281 g/mol. The highest BCUT2D eigenvalue weighted by Gasteiger charge is 2.11. The van der Waals surface area contributed by atoms with E-state index in [2.05, 4.69) is 10.3 Å². The molecule has 5 heteroatoms. The normalized spacial score (nSPS) is 12.1. The third kappa shape index (κ3) is 4.41. The summed E-state index contributed by atoms with van der Waals surface area (Å²) >= 11 is 0. The lowest BCUT2D eigenvalue weighted by atomic mass is 10.1. The van der Waals surface area contributed by atoms with Gasteiger partial charge in [-0.2, -0.15) is 0 Å². The topological polar surface area (TPSA) is 46.9 Å². The number of nitrogens with zero attached hydrogens (tertiary/aromatic N) is 2. The lowest BCUT2D eigenvalue weighted by molar-refractivity contribution is -0.121. The quantitative estimate of drug-likeness (QED) is 0.799. The number of nitrogens with one attached hydrogen (secondary N) is 1. The maximum absolute atomic E-state index is 13.4. The first kappa shape index (κ1) is 16.2. The van der Waals surface area contributed by atoms with Crippen molar-refractivity contribution in [3.8, 4) is 0 Å². The van der Waals surface area contributed by atoms with Gasteiger partial charge in [-0.25, -0.2) is 9.37 Å². The fourth-order valence-electron chi connectivity index (χ4n) is 2.50. The van der Waals surface area contributed by atoms with E-state index in [9.17, 15) is 9.18 Å². The maximum Gasteiger partial charge on any atom is 0.222 e. The first-order valence-corrected chi connectivity index (χ1v) is 7.57. The Kier molecular flexibility index (Phi) is 5.69. The van der Waals surface area contributed by atoms with Gasteiger partial charge in [-0.05, 0) is 38.3 Å². The van der Waals surface area contributed by atoms with Crippen molar-refractivity contribution in [1.82, 2.24) is 14.9 Å². The van der Waals surface area contributed by atoms with Crippen molar-refractivity contribution in [3.63, 3.8) is 0 Å². The van der Waals surface area contributed by atoms with Crippen LogP contribution in [0.2, 0.25) is 0 Å². The van der Waals surface area contributed by atoms with Crippen LogP contribution in [-0.4, -0.2) is 22.0 Å². The Balaban J connectivity index is 1.70. The van der Waals surface area contributed by atoms with Crippen molar-refractivity contribution in [3.05, 3.63) is 53.9 Å². The van der Waals surface area contributed by atoms with Crippen molar-refractivity contribution >= 4 is 5.91 Å². The monoisotopic (exact) mass is 303 g/mol. The van der Waals surface area contributed by atoms with Crippen LogP contribution < -0.4 is 5.32 Å². The van der Waals surface area contributed by atoms with Gasteiger partial charge in [0.2, 0.25) is 5.91 Å². The lowest BCUT2D eigenvalue weighted by Gasteiger charge is -2.14. The predicted molar refractivity (Wildman–Crippen MR) is 84.0 cm³/mol. The van der Waals surface area contributed by atoms with Crippen molar-refractivity contribution in [1.29, 1.82) is 0 Å². The second-order valence-corrected chi connectivity index (χ2v) is 5.48. The van der Waals surface area contributed by atoms with Crippen LogP contribution in [0.25, 0.3) is 0 Å². The van der Waals surface area contributed by atoms with E-state index in [1.807, 2.05) is 30.7 Å². The van der Waals surface area contributed by atoms with E-state index >= 15 is 0 Å². The summed E-state index contributed by atoms with van der Waals surface area (Å²) < 4.78 is 15.4. The van der Waals surface area contributed by atoms with Crippen LogP contribution >= 0.6 is 0 Å². The van der Waals surface area contributed by atoms with E-state index in [0.29, 0.717) is 24.9 Å². The summed E-state index contributed by atoms with van der Waals surface area (Å²) in [6, 6.07) is 6.82. The molecule has 0 aliphatic carbocycles. The molecular formula is C17H22FN3O. The molecule has 0 bridgehead atoms. The summed E-state index contributed by atoms with van der Waals surface area (Å²) in [5.74, 6) is 0.729. The minimum atomic E-state index is -0.182. The molecule has 1 N–H and O–H groups in total. The van der Waals surface area contributed by atoms with Gasteiger partial charge >= 0.3 is 0 Å². The van der Waals surface area contributed by atoms with E-state index in [-0.39, 0.29) is 17.8 Å². The summed E-state index contributed by atoms with van der Waals surface area (Å²) in [7, 11) is 0. The first-order chi connectivity index (χ1) is 10.6. The summed E-state index contributed by atoms with van der Waals surface area (Å²) in [6.07, 6.45) is 5.38. The number of halogens is 1. The van der Waals surface area contributed by atoms with E-state index in [4.69, 9.17) is 0 Å². The fraction of sp³-hybridized carbons (Fsp3) is 0.412. The molecule has 0 aliphatic heterocycles. The van der Waals surface area contributed by atoms with Crippen LogP contribution in [0.1, 0.15) is 37.2 Å². The van der Waals surface area contributed by atoms with Crippen molar-refractivity contribution in [2.24, 2.45) is 0 Å². The zero-order chi connectivity index (χ0) is 15.9. The Morgan fingerprint density at radius 1 is 1.41 bits per heavy atom. The molecule has 4 nitrogen and oxygen atoms in total. The summed E-state index contributed by atoms with van der Waals surface area (Å²) in [4.78, 5) is 16.1. The molecule has 0 fully saturated rings. The fourth-order valence-corrected chi connectivity index (χ4v) is 2.50. The summed E-state index contributed by atoms with van der Waals surface area (Å²) in [5, 5.41) is 2.89. The molecule has 0 aliphatic rings. The minimum absolute atomic E-state index is 0.00846. The molecule has 1 heterocycles. The molecule has 1 aromatic carbocycles. The average molecular weight is 303 g/mol. The molecule has 0 radical (unpaired) electrons. The Hall–Kier alpha value is -2.17. The number of hydrogen-bond acceptors (Lipinski definition) is 2. The molecule has 0 saturated heterocycles. The lowest BCUT2D eigenvalue weighted by Crippen LogP contribution is -2.27. The Morgan fingerprint density at radius 2 is 2.18 bits per heavy atom. The van der Waals surface area contributed by atoms with Gasteiger partial charge < -0.3 is 9.88 Å². The van der Waals surface area contributed by atoms with E-state index < -0.39 is 0 Å². The number of aryl methyl sites for hydroxylation is 2. The zero-order valence-corrected chi connectivity index (χ0v) is 13.1. The molecule has 1 unspecified atom stereocenters. The molecule has 1 amide bonds. The Bertz CT molecular complexity index is 624. The minimum Gasteiger partial charge on any atom is -0.356 e. The standard InChI is InChI=1S/C17H22FN3O/c1-13(21-11-10-19-14(21)2)12-17(22)20-9-5-7-15-6-3-4-8-16(15)18/h3-4,6,8,10-11,13H,5,7,9,12H2,1-2H3,(H,20,22). The highest BCUT2D eigenvalue weighted by atomic mass is 19.1. The van der Waals surface area contributed by atoms with Gasteiger partial charge in [0, 0.05) is 31.4 Å². The Labute approximate surface area is 130 Å². The van der Waals surface area contributed by atoms with Crippen LogP contribution in [0.3, 0.4) is 0 Å². The van der Waals surface area contributed by atoms with Crippen molar-refractivity contribution in [2.45, 2.75) is 39.2 Å². The number of aromatic nitrogens is 2. The number of carbonyl (C=O) groups is 1. The predicted octanol–water partition coefficient (Wildman–Crippen LogP) is 3.03.